The van der Waals surface area contributed by atoms with E-state index in [1.807, 2.05) is 0 Å². The molecule has 2 heterocycles. The van der Waals surface area contributed by atoms with Crippen LogP contribution in [0.5, 0.6) is 0 Å². The maximum absolute atomic E-state index is 11.1. The maximum Gasteiger partial charge on any atom is 0.328 e. The van der Waals surface area contributed by atoms with Crippen LogP contribution in [0.4, 0.5) is 0 Å². The first-order valence-corrected chi connectivity index (χ1v) is 5.20. The lowest BCUT2D eigenvalue weighted by Crippen LogP contribution is -2.04. The minimum atomic E-state index is -3.89. The molecule has 0 atom stereocenters. The van der Waals surface area contributed by atoms with Crippen LogP contribution in [0.25, 0.3) is 5.65 Å². The number of fused-ring (bicyclic) bond motifs is 1. The van der Waals surface area contributed by atoms with Gasteiger partial charge in [0.25, 0.3) is 5.16 Å². The van der Waals surface area contributed by atoms with Crippen molar-refractivity contribution in [3.05, 3.63) is 18.6 Å². The molecule has 2 aromatic heterocycles. The van der Waals surface area contributed by atoms with Crippen molar-refractivity contribution in [1.29, 1.82) is 0 Å². The van der Waals surface area contributed by atoms with Crippen molar-refractivity contribution in [2.24, 2.45) is 3.77 Å². The van der Waals surface area contributed by atoms with Gasteiger partial charge in [-0.2, -0.15) is 18.5 Å². The van der Waals surface area contributed by atoms with E-state index in [2.05, 4.69) is 31.3 Å². The van der Waals surface area contributed by atoms with Gasteiger partial charge in [0.15, 0.2) is 5.65 Å². The number of aromatic nitrogens is 4. The van der Waals surface area contributed by atoms with Crippen LogP contribution in [-0.2, 0) is 22.4 Å². The zero-order valence-electron chi connectivity index (χ0n) is 6.60. The molecular weight excluding hydrogens is 226 g/mol. The van der Waals surface area contributed by atoms with Gasteiger partial charge in [-0.25, -0.2) is 9.50 Å². The predicted octanol–water partition coefficient (Wildman–Crippen LogP) is -0.456. The van der Waals surface area contributed by atoms with E-state index in [0.717, 1.165) is 0 Å². The van der Waals surface area contributed by atoms with Gasteiger partial charge in [0.2, 0.25) is 0 Å². The Labute approximate surface area is 84.0 Å². The normalized spacial score (nSPS) is 11.7. The second kappa shape index (κ2) is 3.03. The Morgan fingerprint density at radius 1 is 1.50 bits per heavy atom. The van der Waals surface area contributed by atoms with Gasteiger partial charge in [0.05, 0.1) is 18.6 Å². The van der Waals surface area contributed by atoms with E-state index in [1.165, 1.54) is 17.0 Å². The Bertz CT molecular complexity index is 589. The topological polar surface area (TPSA) is 89.6 Å². The molecule has 0 spiro atoms. The fraction of sp³-hybridized carbons (Fsp3) is 0. The van der Waals surface area contributed by atoms with Crippen LogP contribution in [-0.4, -0.2) is 28.0 Å². The summed E-state index contributed by atoms with van der Waals surface area (Å²) in [7, 11) is -3.89. The van der Waals surface area contributed by atoms with E-state index < -0.39 is 15.2 Å². The van der Waals surface area contributed by atoms with Crippen LogP contribution in [0.1, 0.15) is 0 Å². The van der Waals surface area contributed by atoms with E-state index in [-0.39, 0.29) is 0 Å². The SMILES string of the molecule is O=S(=O)(N=S)c1ncn2nccc2n1. The molecule has 0 amide bonds. The highest BCUT2D eigenvalue weighted by Crippen LogP contribution is 2.06. The first-order valence-electron chi connectivity index (χ1n) is 3.39. The van der Waals surface area contributed by atoms with Crippen molar-refractivity contribution >= 4 is 28.1 Å². The fourth-order valence-corrected chi connectivity index (χ4v) is 1.53. The number of nitrogens with zero attached hydrogens (tertiary/aromatic N) is 5. The van der Waals surface area contributed by atoms with Gasteiger partial charge in [0, 0.05) is 6.07 Å². The Morgan fingerprint density at radius 2 is 2.29 bits per heavy atom. The fourth-order valence-electron chi connectivity index (χ4n) is 0.873. The Hall–Kier alpha value is -1.48. The highest BCUT2D eigenvalue weighted by molar-refractivity contribution is 7.92. The molecule has 2 aromatic rings. The predicted molar refractivity (Wildman–Crippen MR) is 47.8 cm³/mol. The lowest BCUT2D eigenvalue weighted by molar-refractivity contribution is 0.588. The first-order chi connectivity index (χ1) is 6.63. The Morgan fingerprint density at radius 3 is 3.00 bits per heavy atom. The summed E-state index contributed by atoms with van der Waals surface area (Å²) in [6.07, 6.45) is 2.71. The summed E-state index contributed by atoms with van der Waals surface area (Å²) in [6.45, 7) is 0. The molecule has 72 valence electrons. The molecule has 0 aliphatic heterocycles. The zero-order valence-corrected chi connectivity index (χ0v) is 8.23. The molecule has 0 radical (unpaired) electrons. The highest BCUT2D eigenvalue weighted by Gasteiger charge is 2.16. The molecule has 0 unspecified atom stereocenters. The van der Waals surface area contributed by atoms with Crippen molar-refractivity contribution < 1.29 is 8.42 Å². The van der Waals surface area contributed by atoms with Gasteiger partial charge in [-0.3, -0.25) is 0 Å². The van der Waals surface area contributed by atoms with Crippen LogP contribution < -0.4 is 0 Å². The van der Waals surface area contributed by atoms with Gasteiger partial charge < -0.3 is 0 Å². The van der Waals surface area contributed by atoms with Crippen molar-refractivity contribution in [2.45, 2.75) is 5.16 Å². The molecule has 0 bridgehead atoms. The summed E-state index contributed by atoms with van der Waals surface area (Å²) < 4.78 is 26.4. The van der Waals surface area contributed by atoms with Gasteiger partial charge in [-0.05, 0) is 0 Å². The zero-order chi connectivity index (χ0) is 10.2. The number of sulfonamides is 1. The summed E-state index contributed by atoms with van der Waals surface area (Å²) in [6, 6.07) is 1.55. The first kappa shape index (κ1) is 9.09. The van der Waals surface area contributed by atoms with Crippen molar-refractivity contribution in [2.75, 3.05) is 0 Å². The van der Waals surface area contributed by atoms with Gasteiger partial charge in [-0.15, -0.1) is 0 Å². The van der Waals surface area contributed by atoms with Crippen LogP contribution in [0, 0.1) is 0 Å². The van der Waals surface area contributed by atoms with Crippen LogP contribution >= 0.6 is 0 Å². The Balaban J connectivity index is 2.71. The van der Waals surface area contributed by atoms with Crippen molar-refractivity contribution in [3.63, 3.8) is 0 Å². The molecule has 0 aliphatic carbocycles. The number of hydrogen-bond acceptors (Lipinski definition) is 6. The van der Waals surface area contributed by atoms with E-state index in [0.29, 0.717) is 5.65 Å². The lowest BCUT2D eigenvalue weighted by atomic mass is 10.7. The van der Waals surface area contributed by atoms with Gasteiger partial charge in [0.1, 0.15) is 6.33 Å². The minimum Gasteiger partial charge on any atom is -0.205 e. The molecular formula is C5H3N5O2S2. The molecule has 14 heavy (non-hydrogen) atoms. The monoisotopic (exact) mass is 229 g/mol. The van der Waals surface area contributed by atoms with Crippen molar-refractivity contribution in [3.8, 4) is 0 Å². The molecule has 0 aromatic carbocycles. The molecule has 0 saturated heterocycles. The second-order valence-electron chi connectivity index (χ2n) is 2.32. The molecule has 0 aliphatic rings. The standard InChI is InChI=1S/C5H3N5O2S2/c11-14(12,9-13)5-6-3-10-4(8-5)1-2-7-10/h1-3H. The van der Waals surface area contributed by atoms with E-state index in [4.69, 9.17) is 0 Å². The van der Waals surface area contributed by atoms with E-state index in [1.54, 1.807) is 6.07 Å². The molecule has 0 fully saturated rings. The number of rotatable bonds is 2. The summed E-state index contributed by atoms with van der Waals surface area (Å²) in [4.78, 5) is 7.28. The average molecular weight is 229 g/mol. The molecule has 7 nitrogen and oxygen atoms in total. The second-order valence-corrected chi connectivity index (χ2v) is 4.23. The highest BCUT2D eigenvalue weighted by atomic mass is 32.2. The summed E-state index contributed by atoms with van der Waals surface area (Å²) >= 11 is 4.11. The van der Waals surface area contributed by atoms with Crippen LogP contribution in [0.2, 0.25) is 0 Å². The molecule has 2 rings (SSSR count). The third-order valence-corrected chi connectivity index (χ3v) is 2.91. The van der Waals surface area contributed by atoms with Gasteiger partial charge >= 0.3 is 10.0 Å². The minimum absolute atomic E-state index is 0.372. The number of hydrogen-bond donors (Lipinski definition) is 0. The Kier molecular flexibility index (Phi) is 1.97. The van der Waals surface area contributed by atoms with E-state index >= 15 is 0 Å². The molecule has 0 N–H and O–H groups in total. The lowest BCUT2D eigenvalue weighted by Gasteiger charge is -1.95. The van der Waals surface area contributed by atoms with Crippen LogP contribution in [0.15, 0.2) is 27.5 Å². The maximum atomic E-state index is 11.1. The summed E-state index contributed by atoms with van der Waals surface area (Å²) in [5, 5.41) is 3.39. The van der Waals surface area contributed by atoms with Crippen LogP contribution in [0.3, 0.4) is 0 Å². The summed E-state index contributed by atoms with van der Waals surface area (Å²) in [5.74, 6) is 0. The third-order valence-electron chi connectivity index (χ3n) is 1.47. The molecule has 9 heteroatoms. The summed E-state index contributed by atoms with van der Waals surface area (Å²) in [5.41, 5.74) is 0.372. The largest absolute Gasteiger partial charge is 0.328 e. The quantitative estimate of drug-likeness (QED) is 0.692. The average Bonchev–Trinajstić information content (AvgIpc) is 2.64. The van der Waals surface area contributed by atoms with Gasteiger partial charge in [-0.1, -0.05) is 3.77 Å². The molecule has 0 saturated carbocycles. The van der Waals surface area contributed by atoms with Crippen molar-refractivity contribution in [1.82, 2.24) is 19.6 Å². The third kappa shape index (κ3) is 1.36. The van der Waals surface area contributed by atoms with E-state index in [9.17, 15) is 8.42 Å². The smallest absolute Gasteiger partial charge is 0.205 e.